The predicted octanol–water partition coefficient (Wildman–Crippen LogP) is 2.51. The van der Waals surface area contributed by atoms with E-state index in [4.69, 9.17) is 4.74 Å². The largest absolute Gasteiger partial charge is 0.497 e. The fraction of sp³-hybridized carbons (Fsp3) is 0.520. The van der Waals surface area contributed by atoms with Crippen molar-refractivity contribution in [1.29, 1.82) is 0 Å². The highest BCUT2D eigenvalue weighted by molar-refractivity contribution is 6.07. The number of benzene rings is 1. The van der Waals surface area contributed by atoms with Crippen molar-refractivity contribution in [3.8, 4) is 5.75 Å². The Bertz CT molecular complexity index is 1080. The van der Waals surface area contributed by atoms with Gasteiger partial charge in [-0.1, -0.05) is 31.9 Å². The monoisotopic (exact) mass is 467 g/mol. The SMILES string of the molecule is CCCN1C(=O)c2c(C(=O)NCc3cccc(OC)c3)ncn2CC1(C)C(=O)NC1CCCC1. The first-order valence-corrected chi connectivity index (χ1v) is 12.0. The van der Waals surface area contributed by atoms with Gasteiger partial charge in [0, 0.05) is 19.1 Å². The summed E-state index contributed by atoms with van der Waals surface area (Å²) >= 11 is 0. The second kappa shape index (κ2) is 9.87. The van der Waals surface area contributed by atoms with Crippen molar-refractivity contribution in [1.82, 2.24) is 25.1 Å². The van der Waals surface area contributed by atoms with E-state index < -0.39 is 11.4 Å². The summed E-state index contributed by atoms with van der Waals surface area (Å²) in [5.41, 5.74) is 0.128. The van der Waals surface area contributed by atoms with Crippen LogP contribution in [0.25, 0.3) is 0 Å². The first kappa shape index (κ1) is 23.8. The topological polar surface area (TPSA) is 106 Å². The Morgan fingerprint density at radius 1 is 1.26 bits per heavy atom. The molecular weight excluding hydrogens is 434 g/mol. The molecule has 1 atom stereocenters. The number of nitrogens with one attached hydrogen (secondary N) is 2. The Balaban J connectivity index is 1.55. The van der Waals surface area contributed by atoms with E-state index in [9.17, 15) is 14.4 Å². The molecule has 1 fully saturated rings. The standard InChI is InChI=1S/C25H33N5O4/c1-4-12-30-23(32)21-20(22(31)26-14-17-8-7-11-19(13-17)34-3)27-16-29(21)15-25(30,2)24(33)28-18-9-5-6-10-18/h7-8,11,13,16,18H,4-6,9-10,12,14-15H2,1-3H3,(H,26,31)(H,28,33). The molecule has 9 nitrogen and oxygen atoms in total. The molecule has 2 heterocycles. The zero-order valence-electron chi connectivity index (χ0n) is 20.1. The quantitative estimate of drug-likeness (QED) is 0.621. The fourth-order valence-electron chi connectivity index (χ4n) is 4.89. The van der Waals surface area contributed by atoms with Crippen LogP contribution in [-0.2, 0) is 17.9 Å². The van der Waals surface area contributed by atoms with Crippen molar-refractivity contribution in [2.24, 2.45) is 0 Å². The molecule has 4 rings (SSSR count). The first-order valence-electron chi connectivity index (χ1n) is 12.0. The lowest BCUT2D eigenvalue weighted by molar-refractivity contribution is -0.133. The molecule has 1 aromatic heterocycles. The smallest absolute Gasteiger partial charge is 0.273 e. The molecule has 3 amide bonds. The van der Waals surface area contributed by atoms with Gasteiger partial charge in [-0.25, -0.2) is 4.98 Å². The van der Waals surface area contributed by atoms with Gasteiger partial charge in [-0.3, -0.25) is 14.4 Å². The molecule has 0 radical (unpaired) electrons. The lowest BCUT2D eigenvalue weighted by Crippen LogP contribution is -2.65. The van der Waals surface area contributed by atoms with Crippen LogP contribution in [0.4, 0.5) is 0 Å². The molecule has 34 heavy (non-hydrogen) atoms. The molecule has 1 aliphatic carbocycles. The van der Waals surface area contributed by atoms with Crippen molar-refractivity contribution < 1.29 is 19.1 Å². The number of carbonyl (C=O) groups excluding carboxylic acids is 3. The summed E-state index contributed by atoms with van der Waals surface area (Å²) in [7, 11) is 1.59. The lowest BCUT2D eigenvalue weighted by Gasteiger charge is -2.44. The number of hydrogen-bond donors (Lipinski definition) is 2. The van der Waals surface area contributed by atoms with E-state index in [1.165, 1.54) is 6.33 Å². The van der Waals surface area contributed by atoms with Crippen LogP contribution in [0, 0.1) is 0 Å². The third-order valence-corrected chi connectivity index (χ3v) is 6.79. The van der Waals surface area contributed by atoms with Gasteiger partial charge < -0.3 is 24.8 Å². The molecule has 1 aromatic carbocycles. The number of methoxy groups -OCH3 is 1. The van der Waals surface area contributed by atoms with Crippen LogP contribution >= 0.6 is 0 Å². The molecule has 182 valence electrons. The minimum Gasteiger partial charge on any atom is -0.497 e. The zero-order valence-corrected chi connectivity index (χ0v) is 20.1. The summed E-state index contributed by atoms with van der Waals surface area (Å²) in [6, 6.07) is 7.56. The zero-order chi connectivity index (χ0) is 24.3. The van der Waals surface area contributed by atoms with Gasteiger partial charge in [0.25, 0.3) is 11.8 Å². The Morgan fingerprint density at radius 2 is 2.03 bits per heavy atom. The van der Waals surface area contributed by atoms with E-state index in [0.29, 0.717) is 18.7 Å². The summed E-state index contributed by atoms with van der Waals surface area (Å²) in [4.78, 5) is 45.8. The van der Waals surface area contributed by atoms with Gasteiger partial charge in [0.1, 0.15) is 17.0 Å². The van der Waals surface area contributed by atoms with Crippen LogP contribution in [0.1, 0.15) is 72.5 Å². The number of rotatable bonds is 8. The predicted molar refractivity (Wildman–Crippen MR) is 127 cm³/mol. The lowest BCUT2D eigenvalue weighted by atomic mass is 9.93. The number of imidazole rings is 1. The molecule has 0 spiro atoms. The van der Waals surface area contributed by atoms with E-state index in [1.54, 1.807) is 23.5 Å². The molecule has 1 aliphatic heterocycles. The second-order valence-corrected chi connectivity index (χ2v) is 9.29. The fourth-order valence-corrected chi connectivity index (χ4v) is 4.89. The Labute approximate surface area is 199 Å². The van der Waals surface area contributed by atoms with Gasteiger partial charge >= 0.3 is 0 Å². The average molecular weight is 468 g/mol. The normalized spacial score (nSPS) is 20.2. The molecule has 0 bridgehead atoms. The Hall–Kier alpha value is -3.36. The van der Waals surface area contributed by atoms with Crippen LogP contribution in [0.2, 0.25) is 0 Å². The van der Waals surface area contributed by atoms with Gasteiger partial charge in [0.15, 0.2) is 5.69 Å². The number of amides is 3. The van der Waals surface area contributed by atoms with Crippen molar-refractivity contribution in [2.75, 3.05) is 13.7 Å². The summed E-state index contributed by atoms with van der Waals surface area (Å²) in [5, 5.41) is 5.99. The van der Waals surface area contributed by atoms with E-state index in [1.807, 2.05) is 31.2 Å². The molecule has 2 aliphatic rings. The van der Waals surface area contributed by atoms with E-state index >= 15 is 0 Å². The summed E-state index contributed by atoms with van der Waals surface area (Å²) in [5.74, 6) is -0.224. The highest BCUT2D eigenvalue weighted by atomic mass is 16.5. The van der Waals surface area contributed by atoms with Crippen molar-refractivity contribution in [3.63, 3.8) is 0 Å². The summed E-state index contributed by atoms with van der Waals surface area (Å²) in [6.45, 7) is 4.72. The van der Waals surface area contributed by atoms with E-state index in [0.717, 1.165) is 31.2 Å². The van der Waals surface area contributed by atoms with Crippen molar-refractivity contribution in [2.45, 2.75) is 70.6 Å². The van der Waals surface area contributed by atoms with Crippen LogP contribution in [0.15, 0.2) is 30.6 Å². The third-order valence-electron chi connectivity index (χ3n) is 6.79. The van der Waals surface area contributed by atoms with Crippen LogP contribution in [-0.4, -0.2) is 57.4 Å². The van der Waals surface area contributed by atoms with Crippen LogP contribution < -0.4 is 15.4 Å². The number of carbonyl (C=O) groups is 3. The van der Waals surface area contributed by atoms with Crippen molar-refractivity contribution in [3.05, 3.63) is 47.5 Å². The molecule has 1 saturated carbocycles. The molecular formula is C25H33N5O4. The molecule has 0 saturated heterocycles. The number of hydrogen-bond acceptors (Lipinski definition) is 5. The van der Waals surface area contributed by atoms with E-state index in [-0.39, 0.29) is 42.3 Å². The summed E-state index contributed by atoms with van der Waals surface area (Å²) in [6.07, 6.45) is 6.34. The maximum atomic E-state index is 13.6. The minimum absolute atomic E-state index is 0.0762. The van der Waals surface area contributed by atoms with E-state index in [2.05, 4.69) is 15.6 Å². The maximum absolute atomic E-state index is 13.6. The van der Waals surface area contributed by atoms with Gasteiger partial charge in [-0.2, -0.15) is 0 Å². The average Bonchev–Trinajstić information content (AvgIpc) is 3.50. The molecule has 2 aromatic rings. The second-order valence-electron chi connectivity index (χ2n) is 9.29. The number of fused-ring (bicyclic) bond motifs is 1. The van der Waals surface area contributed by atoms with Gasteiger partial charge in [-0.05, 0) is 43.9 Å². The molecule has 1 unspecified atom stereocenters. The number of nitrogens with zero attached hydrogens (tertiary/aromatic N) is 3. The van der Waals surface area contributed by atoms with Crippen LogP contribution in [0.5, 0.6) is 5.75 Å². The number of aromatic nitrogens is 2. The summed E-state index contributed by atoms with van der Waals surface area (Å²) < 4.78 is 6.87. The van der Waals surface area contributed by atoms with Gasteiger partial charge in [0.2, 0.25) is 5.91 Å². The maximum Gasteiger partial charge on any atom is 0.273 e. The van der Waals surface area contributed by atoms with Crippen molar-refractivity contribution >= 4 is 17.7 Å². The van der Waals surface area contributed by atoms with Gasteiger partial charge in [-0.15, -0.1) is 0 Å². The highest BCUT2D eigenvalue weighted by Gasteiger charge is 2.48. The van der Waals surface area contributed by atoms with Crippen LogP contribution in [0.3, 0.4) is 0 Å². The molecule has 9 heteroatoms. The Kier molecular flexibility index (Phi) is 6.90. The molecule has 2 N–H and O–H groups in total. The Morgan fingerprint density at radius 3 is 2.74 bits per heavy atom. The highest BCUT2D eigenvalue weighted by Crippen LogP contribution is 2.30. The van der Waals surface area contributed by atoms with Gasteiger partial charge in [0.05, 0.1) is 20.0 Å². The first-order chi connectivity index (χ1) is 16.4. The number of ether oxygens (including phenoxy) is 1. The minimum atomic E-state index is -1.04. The third kappa shape index (κ3) is 4.51.